The highest BCUT2D eigenvalue weighted by Gasteiger charge is 1.95. The molecule has 14 heavy (non-hydrogen) atoms. The highest BCUT2D eigenvalue weighted by atomic mass is 79.9. The fourth-order valence-corrected chi connectivity index (χ4v) is 1.06. The summed E-state index contributed by atoms with van der Waals surface area (Å²) in [5, 5.41) is 10.5. The highest BCUT2D eigenvalue weighted by Crippen LogP contribution is 2.06. The molecule has 0 aliphatic heterocycles. The zero-order chi connectivity index (χ0) is 11.2. The van der Waals surface area contributed by atoms with Gasteiger partial charge in [0, 0.05) is 6.42 Å². The molecule has 0 aromatic heterocycles. The minimum Gasteiger partial charge on any atom is -0.481 e. The standard InChI is InChI=1S/C9H18O2.CH3.BrH.Mg/c1-2-3-4-5-6-7-8-9(10)11;;;/h2-8H2,1H3,(H,10,11);1H3;1H;/q;;;+1/p-1. The van der Waals surface area contributed by atoms with Gasteiger partial charge in [-0.2, -0.15) is 0 Å². The molecule has 0 unspecified atom stereocenters. The fourth-order valence-electron chi connectivity index (χ4n) is 1.06. The van der Waals surface area contributed by atoms with E-state index in [1.54, 1.807) is 0 Å². The molecule has 0 fully saturated rings. The molecule has 0 aliphatic carbocycles. The van der Waals surface area contributed by atoms with Crippen LogP contribution >= 0.6 is 12.9 Å². The second kappa shape index (κ2) is 16.2. The van der Waals surface area contributed by atoms with Crippen LogP contribution in [-0.2, 0) is 4.79 Å². The Bertz CT molecular complexity index is 121. The van der Waals surface area contributed by atoms with Crippen molar-refractivity contribution in [3.63, 3.8) is 0 Å². The smallest absolute Gasteiger partial charge is 0.465 e. The second-order valence-corrected chi connectivity index (χ2v) is 7.08. The second-order valence-electron chi connectivity index (χ2n) is 3.18. The van der Waals surface area contributed by atoms with Gasteiger partial charge in [-0.05, 0) is 6.42 Å². The predicted octanol–water partition coefficient (Wildman–Crippen LogP) is 3.87. The largest absolute Gasteiger partial charge is 0.481 e. The minimum atomic E-state index is -0.666. The Morgan fingerprint density at radius 3 is 2.07 bits per heavy atom. The lowest BCUT2D eigenvalue weighted by Crippen LogP contribution is -1.93. The van der Waals surface area contributed by atoms with Crippen molar-refractivity contribution >= 4 is 37.0 Å². The van der Waals surface area contributed by atoms with Gasteiger partial charge in [0.15, 0.2) is 0 Å². The maximum Gasteiger partial charge on any atom is 0.465 e. The first kappa shape index (κ1) is 17.1. The zero-order valence-corrected chi connectivity index (χ0v) is 12.4. The van der Waals surface area contributed by atoms with Crippen molar-refractivity contribution in [2.45, 2.75) is 56.9 Å². The number of carboxylic acid groups (broad SMARTS) is 1. The van der Waals surface area contributed by atoms with Crippen molar-refractivity contribution in [3.8, 4) is 0 Å². The molecule has 1 N–H and O–H groups in total. The third kappa shape index (κ3) is 23.0. The van der Waals surface area contributed by atoms with Crippen LogP contribution in [0.1, 0.15) is 51.9 Å². The van der Waals surface area contributed by atoms with E-state index < -0.39 is 5.97 Å². The van der Waals surface area contributed by atoms with Gasteiger partial charge in [-0.1, -0.05) is 39.0 Å². The van der Waals surface area contributed by atoms with Crippen molar-refractivity contribution in [1.29, 1.82) is 0 Å². The molecule has 0 saturated carbocycles. The first-order chi connectivity index (χ1) is 6.68. The van der Waals surface area contributed by atoms with Gasteiger partial charge in [-0.15, -0.1) is 5.05 Å². The van der Waals surface area contributed by atoms with E-state index in [0.29, 0.717) is 6.42 Å². The van der Waals surface area contributed by atoms with Crippen LogP contribution in [0, 0.1) is 0 Å². The van der Waals surface area contributed by atoms with Crippen LogP contribution in [0.3, 0.4) is 0 Å². The Kier molecular flexibility index (Phi) is 19.8. The fraction of sp³-hybridized carbons (Fsp3) is 0.900. The molecule has 0 saturated heterocycles. The summed E-state index contributed by atoms with van der Waals surface area (Å²) in [6, 6.07) is 0. The number of rotatable bonds is 7. The Morgan fingerprint density at radius 1 is 1.21 bits per heavy atom. The van der Waals surface area contributed by atoms with Crippen LogP contribution in [0.5, 0.6) is 0 Å². The quantitative estimate of drug-likeness (QED) is 0.566. The van der Waals surface area contributed by atoms with Gasteiger partial charge in [0.05, 0.1) is 0 Å². The van der Waals surface area contributed by atoms with Crippen LogP contribution in [0.2, 0.25) is 5.05 Å². The van der Waals surface area contributed by atoms with E-state index >= 15 is 0 Å². The molecule has 0 heterocycles. The van der Waals surface area contributed by atoms with E-state index in [9.17, 15) is 4.79 Å². The van der Waals surface area contributed by atoms with Gasteiger partial charge in [0.25, 0.3) is 0 Å². The summed E-state index contributed by atoms with van der Waals surface area (Å²) in [5.41, 5.74) is 0. The number of aliphatic carboxylic acids is 1. The average Bonchev–Trinajstić information content (AvgIpc) is 2.12. The van der Waals surface area contributed by atoms with Crippen LogP contribution in [0.15, 0.2) is 0 Å². The van der Waals surface area contributed by atoms with Crippen LogP contribution < -0.4 is 0 Å². The molecule has 0 amide bonds. The maximum atomic E-state index is 10.1. The first-order valence-corrected chi connectivity index (χ1v) is 10.8. The third-order valence-electron chi connectivity index (χ3n) is 1.74. The van der Waals surface area contributed by atoms with Crippen LogP contribution in [-0.4, -0.2) is 29.3 Å². The van der Waals surface area contributed by atoms with Crippen molar-refractivity contribution in [2.75, 3.05) is 0 Å². The molecule has 0 aliphatic rings. The Morgan fingerprint density at radius 2 is 1.64 bits per heavy atom. The minimum absolute atomic E-state index is 0.229. The summed E-state index contributed by atoms with van der Waals surface area (Å²) in [6.45, 7) is 2.18. The van der Waals surface area contributed by atoms with Gasteiger partial charge in [-0.3, -0.25) is 4.79 Å². The van der Waals surface area contributed by atoms with Gasteiger partial charge < -0.3 is 18.0 Å². The zero-order valence-electron chi connectivity index (χ0n) is 9.39. The van der Waals surface area contributed by atoms with E-state index in [1.807, 2.05) is 0 Å². The average molecular weight is 277 g/mol. The van der Waals surface area contributed by atoms with E-state index in [0.717, 1.165) is 12.8 Å². The number of carboxylic acids is 1. The summed E-state index contributed by atoms with van der Waals surface area (Å²) in [5.74, 6) is -0.666. The topological polar surface area (TPSA) is 37.3 Å². The molecule has 0 aromatic carbocycles. The van der Waals surface area contributed by atoms with Crippen molar-refractivity contribution in [2.24, 2.45) is 0 Å². The normalized spacial score (nSPS) is 8.50. The van der Waals surface area contributed by atoms with Crippen LogP contribution in [0.4, 0.5) is 0 Å². The highest BCUT2D eigenvalue weighted by molar-refractivity contribution is 9.23. The molecule has 0 radical (unpaired) electrons. The molecular formula is C10H21BrMgO2. The van der Waals surface area contributed by atoms with Gasteiger partial charge >= 0.3 is 24.2 Å². The Hall–Kier alpha value is 0.716. The number of halogens is 1. The third-order valence-corrected chi connectivity index (χ3v) is 1.74. The number of hydrogen-bond acceptors (Lipinski definition) is 1. The van der Waals surface area contributed by atoms with Crippen molar-refractivity contribution in [3.05, 3.63) is 0 Å². The van der Waals surface area contributed by atoms with Gasteiger partial charge in [0.1, 0.15) is 0 Å². The monoisotopic (exact) mass is 276 g/mol. The first-order valence-electron chi connectivity index (χ1n) is 5.46. The Labute approximate surface area is 103 Å². The molecule has 82 valence electrons. The molecular weight excluding hydrogens is 256 g/mol. The summed E-state index contributed by atoms with van der Waals surface area (Å²) < 4.78 is 0. The summed E-state index contributed by atoms with van der Waals surface area (Å²) >= 11 is 3.51. The summed E-state index contributed by atoms with van der Waals surface area (Å²) in [6.07, 6.45) is 7.25. The van der Waals surface area contributed by atoms with Crippen LogP contribution in [0.25, 0.3) is 0 Å². The number of carbonyl (C=O) groups is 1. The number of unbranched alkanes of at least 4 members (excludes halogenated alkanes) is 5. The summed E-state index contributed by atoms with van der Waals surface area (Å²) in [7, 11) is 0. The molecule has 0 aromatic rings. The van der Waals surface area contributed by atoms with Crippen molar-refractivity contribution in [1.82, 2.24) is 0 Å². The van der Waals surface area contributed by atoms with E-state index in [4.69, 9.17) is 5.11 Å². The predicted molar refractivity (Wildman–Crippen MR) is 66.2 cm³/mol. The molecule has 0 rings (SSSR count). The number of hydrogen-bond donors (Lipinski definition) is 1. The summed E-state index contributed by atoms with van der Waals surface area (Å²) in [4.78, 5) is 10.1. The Balaban J connectivity index is 0. The lowest BCUT2D eigenvalue weighted by molar-refractivity contribution is -0.137. The lowest BCUT2D eigenvalue weighted by Gasteiger charge is -1.97. The molecule has 0 spiro atoms. The molecule has 0 atom stereocenters. The molecule has 4 heteroatoms. The molecule has 0 bridgehead atoms. The molecule has 2 nitrogen and oxygen atoms in total. The van der Waals surface area contributed by atoms with Gasteiger partial charge in [0.2, 0.25) is 0 Å². The van der Waals surface area contributed by atoms with Crippen molar-refractivity contribution < 1.29 is 9.90 Å². The SMILES string of the molecule is CCCCCCCCC(=O)O.[CH3][Mg][Br]. The maximum absolute atomic E-state index is 10.1. The van der Waals surface area contributed by atoms with E-state index in [-0.39, 0.29) is 18.2 Å². The lowest BCUT2D eigenvalue weighted by atomic mass is 10.1. The van der Waals surface area contributed by atoms with E-state index in [1.165, 1.54) is 25.7 Å². The van der Waals surface area contributed by atoms with Gasteiger partial charge in [-0.25, -0.2) is 0 Å². The van der Waals surface area contributed by atoms with E-state index in [2.05, 4.69) is 24.9 Å².